The average molecular weight is 213 g/mol. The summed E-state index contributed by atoms with van der Waals surface area (Å²) in [5.41, 5.74) is 3.14. The molecule has 0 unspecified atom stereocenters. The predicted molar refractivity (Wildman–Crippen MR) is 64.5 cm³/mol. The van der Waals surface area contributed by atoms with E-state index in [0.29, 0.717) is 5.75 Å². The Kier molecular flexibility index (Phi) is 3.20. The van der Waals surface area contributed by atoms with Crippen LogP contribution in [0.2, 0.25) is 0 Å². The van der Waals surface area contributed by atoms with Gasteiger partial charge in [0.25, 0.3) is 0 Å². The van der Waals surface area contributed by atoms with Crippen LogP contribution in [0.3, 0.4) is 0 Å². The Balaban J connectivity index is 2.08. The zero-order valence-electron chi connectivity index (χ0n) is 9.35. The van der Waals surface area contributed by atoms with Crippen molar-refractivity contribution in [3.05, 3.63) is 59.4 Å². The van der Waals surface area contributed by atoms with Gasteiger partial charge in [-0.15, -0.1) is 0 Å². The molecule has 0 radical (unpaired) electrons. The van der Waals surface area contributed by atoms with Crippen molar-refractivity contribution in [3.63, 3.8) is 0 Å². The summed E-state index contributed by atoms with van der Waals surface area (Å²) in [5.74, 6) is 0.423. The van der Waals surface area contributed by atoms with Crippen molar-refractivity contribution in [1.82, 2.24) is 4.98 Å². The molecule has 0 amide bonds. The summed E-state index contributed by atoms with van der Waals surface area (Å²) in [7, 11) is 0. The van der Waals surface area contributed by atoms with E-state index in [1.54, 1.807) is 6.20 Å². The lowest BCUT2D eigenvalue weighted by Gasteiger charge is -2.06. The Bertz CT molecular complexity index is 465. The van der Waals surface area contributed by atoms with Crippen LogP contribution in [0, 0.1) is 6.92 Å². The van der Waals surface area contributed by atoms with Crippen molar-refractivity contribution < 1.29 is 5.11 Å². The van der Waals surface area contributed by atoms with Gasteiger partial charge in [-0.2, -0.15) is 0 Å². The number of nitrogens with zero attached hydrogens (tertiary/aromatic N) is 1. The first-order valence-electron chi connectivity index (χ1n) is 5.44. The minimum atomic E-state index is 0.423. The Hall–Kier alpha value is -1.83. The molecule has 1 aromatic carbocycles. The van der Waals surface area contributed by atoms with E-state index >= 15 is 0 Å². The molecule has 2 rings (SSSR count). The zero-order valence-corrected chi connectivity index (χ0v) is 9.35. The van der Waals surface area contributed by atoms with Crippen LogP contribution in [0.5, 0.6) is 5.75 Å². The monoisotopic (exact) mass is 213 g/mol. The van der Waals surface area contributed by atoms with Crippen molar-refractivity contribution in [2.75, 3.05) is 0 Å². The molecule has 0 aliphatic carbocycles. The Morgan fingerprint density at radius 2 is 2.00 bits per heavy atom. The standard InChI is InChI=1S/C14H15NO/c1-11-4-2-6-13(14(11)16)8-7-12-5-3-9-15-10-12/h2-6,9-10,16H,7-8H2,1H3. The number of rotatable bonds is 3. The van der Waals surface area contributed by atoms with Gasteiger partial charge in [-0.1, -0.05) is 24.3 Å². The molecule has 0 aliphatic rings. The fourth-order valence-corrected chi connectivity index (χ4v) is 1.75. The Morgan fingerprint density at radius 3 is 2.75 bits per heavy atom. The number of aryl methyl sites for hydroxylation is 3. The highest BCUT2D eigenvalue weighted by Crippen LogP contribution is 2.22. The number of hydrogen-bond acceptors (Lipinski definition) is 2. The van der Waals surface area contributed by atoms with E-state index in [2.05, 4.69) is 11.1 Å². The molecule has 0 saturated carbocycles. The van der Waals surface area contributed by atoms with Crippen LogP contribution < -0.4 is 0 Å². The molecule has 0 bridgehead atoms. The van der Waals surface area contributed by atoms with Crippen LogP contribution in [0.1, 0.15) is 16.7 Å². The molecule has 1 aromatic heterocycles. The van der Waals surface area contributed by atoms with E-state index in [1.165, 1.54) is 5.56 Å². The van der Waals surface area contributed by atoms with Crippen molar-refractivity contribution in [3.8, 4) is 5.75 Å². The SMILES string of the molecule is Cc1cccc(CCc2cccnc2)c1O. The highest BCUT2D eigenvalue weighted by atomic mass is 16.3. The number of hydrogen-bond donors (Lipinski definition) is 1. The van der Waals surface area contributed by atoms with Crippen molar-refractivity contribution >= 4 is 0 Å². The molecule has 0 fully saturated rings. The predicted octanol–water partition coefficient (Wildman–Crippen LogP) is 2.88. The number of para-hydroxylation sites is 1. The Labute approximate surface area is 95.6 Å². The summed E-state index contributed by atoms with van der Waals surface area (Å²) in [6, 6.07) is 9.86. The third-order valence-electron chi connectivity index (χ3n) is 2.73. The van der Waals surface area contributed by atoms with Crippen molar-refractivity contribution in [2.24, 2.45) is 0 Å². The number of aromatic hydroxyl groups is 1. The molecule has 1 N–H and O–H groups in total. The molecular formula is C14H15NO. The maximum Gasteiger partial charge on any atom is 0.121 e. The molecule has 0 saturated heterocycles. The molecule has 2 nitrogen and oxygen atoms in total. The molecular weight excluding hydrogens is 198 g/mol. The van der Waals surface area contributed by atoms with Gasteiger partial charge in [0.05, 0.1) is 0 Å². The van der Waals surface area contributed by atoms with Crippen LogP contribution in [0.15, 0.2) is 42.7 Å². The molecule has 0 aliphatic heterocycles. The van der Waals surface area contributed by atoms with Gasteiger partial charge in [0.2, 0.25) is 0 Å². The quantitative estimate of drug-likeness (QED) is 0.850. The van der Waals surface area contributed by atoms with Gasteiger partial charge in [0.1, 0.15) is 5.75 Å². The second-order valence-electron chi connectivity index (χ2n) is 3.94. The molecule has 2 aromatic rings. The summed E-state index contributed by atoms with van der Waals surface area (Å²) in [5, 5.41) is 9.86. The lowest BCUT2D eigenvalue weighted by molar-refractivity contribution is 0.463. The second-order valence-corrected chi connectivity index (χ2v) is 3.94. The van der Waals surface area contributed by atoms with Crippen LogP contribution >= 0.6 is 0 Å². The van der Waals surface area contributed by atoms with E-state index in [-0.39, 0.29) is 0 Å². The molecule has 0 spiro atoms. The van der Waals surface area contributed by atoms with E-state index in [4.69, 9.17) is 0 Å². The maximum atomic E-state index is 9.86. The first kappa shape index (κ1) is 10.7. The summed E-state index contributed by atoms with van der Waals surface area (Å²) < 4.78 is 0. The first-order valence-corrected chi connectivity index (χ1v) is 5.44. The highest BCUT2D eigenvalue weighted by Gasteiger charge is 2.03. The van der Waals surface area contributed by atoms with Crippen LogP contribution in [-0.4, -0.2) is 10.1 Å². The number of pyridine rings is 1. The van der Waals surface area contributed by atoms with Crippen molar-refractivity contribution in [1.29, 1.82) is 0 Å². The largest absolute Gasteiger partial charge is 0.507 e. The first-order chi connectivity index (χ1) is 7.77. The second kappa shape index (κ2) is 4.79. The van der Waals surface area contributed by atoms with Gasteiger partial charge in [0.15, 0.2) is 0 Å². The van der Waals surface area contributed by atoms with Gasteiger partial charge >= 0.3 is 0 Å². The fraction of sp³-hybridized carbons (Fsp3) is 0.214. The van der Waals surface area contributed by atoms with E-state index < -0.39 is 0 Å². The van der Waals surface area contributed by atoms with Gasteiger partial charge < -0.3 is 5.11 Å². The van der Waals surface area contributed by atoms with Crippen LogP contribution in [0.4, 0.5) is 0 Å². The van der Waals surface area contributed by atoms with E-state index in [0.717, 1.165) is 24.0 Å². The third-order valence-corrected chi connectivity index (χ3v) is 2.73. The molecule has 82 valence electrons. The lowest BCUT2D eigenvalue weighted by atomic mass is 10.0. The maximum absolute atomic E-state index is 9.86. The van der Waals surface area contributed by atoms with Crippen LogP contribution in [-0.2, 0) is 12.8 Å². The summed E-state index contributed by atoms with van der Waals surface area (Å²) >= 11 is 0. The van der Waals surface area contributed by atoms with E-state index in [9.17, 15) is 5.11 Å². The number of phenols is 1. The zero-order chi connectivity index (χ0) is 11.4. The van der Waals surface area contributed by atoms with Gasteiger partial charge in [-0.25, -0.2) is 0 Å². The number of benzene rings is 1. The lowest BCUT2D eigenvalue weighted by Crippen LogP contribution is -1.93. The van der Waals surface area contributed by atoms with E-state index in [1.807, 2.05) is 37.4 Å². The number of aromatic nitrogens is 1. The number of phenolic OH excluding ortho intramolecular Hbond substituents is 1. The van der Waals surface area contributed by atoms with Gasteiger partial charge in [0, 0.05) is 12.4 Å². The summed E-state index contributed by atoms with van der Waals surface area (Å²) in [4.78, 5) is 4.07. The molecule has 1 heterocycles. The van der Waals surface area contributed by atoms with Crippen molar-refractivity contribution in [2.45, 2.75) is 19.8 Å². The Morgan fingerprint density at radius 1 is 1.12 bits per heavy atom. The van der Waals surface area contributed by atoms with Gasteiger partial charge in [-0.05, 0) is 42.5 Å². The smallest absolute Gasteiger partial charge is 0.121 e. The molecule has 2 heteroatoms. The third kappa shape index (κ3) is 2.40. The summed E-state index contributed by atoms with van der Waals surface area (Å²) in [6.07, 6.45) is 5.39. The average Bonchev–Trinajstić information content (AvgIpc) is 2.32. The minimum absolute atomic E-state index is 0.423. The molecule has 0 atom stereocenters. The minimum Gasteiger partial charge on any atom is -0.507 e. The normalized spacial score (nSPS) is 10.3. The topological polar surface area (TPSA) is 33.1 Å². The van der Waals surface area contributed by atoms with Gasteiger partial charge in [-0.3, -0.25) is 4.98 Å². The highest BCUT2D eigenvalue weighted by molar-refractivity contribution is 5.39. The fourth-order valence-electron chi connectivity index (χ4n) is 1.75. The molecule has 16 heavy (non-hydrogen) atoms. The summed E-state index contributed by atoms with van der Waals surface area (Å²) in [6.45, 7) is 1.92. The van der Waals surface area contributed by atoms with Crippen LogP contribution in [0.25, 0.3) is 0 Å².